The van der Waals surface area contributed by atoms with Crippen LogP contribution < -0.4 is 4.90 Å². The van der Waals surface area contributed by atoms with Crippen molar-refractivity contribution >= 4 is 34.5 Å². The molecule has 0 unspecified atom stereocenters. The van der Waals surface area contributed by atoms with Crippen molar-refractivity contribution in [3.63, 3.8) is 0 Å². The molecule has 1 aromatic heterocycles. The zero-order valence-electron chi connectivity index (χ0n) is 13.1. The molecule has 0 aliphatic carbocycles. The molecule has 24 heavy (non-hydrogen) atoms. The van der Waals surface area contributed by atoms with Crippen LogP contribution in [0.4, 0.5) is 10.1 Å². The van der Waals surface area contributed by atoms with Crippen LogP contribution in [0.25, 0.3) is 0 Å². The van der Waals surface area contributed by atoms with Crippen molar-refractivity contribution in [1.29, 1.82) is 0 Å². The number of anilines is 1. The van der Waals surface area contributed by atoms with Gasteiger partial charge in [0.25, 0.3) is 0 Å². The summed E-state index contributed by atoms with van der Waals surface area (Å²) < 4.78 is 18.6. The van der Waals surface area contributed by atoms with E-state index in [1.54, 1.807) is 22.3 Å². The fourth-order valence-electron chi connectivity index (χ4n) is 2.66. The fourth-order valence-corrected chi connectivity index (χ4v) is 3.60. The molecule has 1 saturated heterocycles. The predicted molar refractivity (Wildman–Crippen MR) is 94.2 cm³/mol. The second-order valence-electron chi connectivity index (χ2n) is 5.59. The van der Waals surface area contributed by atoms with E-state index in [-0.39, 0.29) is 18.3 Å². The van der Waals surface area contributed by atoms with Gasteiger partial charge in [0.1, 0.15) is 12.4 Å². The highest BCUT2D eigenvalue weighted by molar-refractivity contribution is 7.07. The first kappa shape index (κ1) is 17.2. The molecule has 1 aromatic carbocycles. The molecule has 128 valence electrons. The Morgan fingerprint density at radius 2 is 2.04 bits per heavy atom. The van der Waals surface area contributed by atoms with Crippen molar-refractivity contribution in [2.45, 2.75) is 6.61 Å². The summed E-state index contributed by atoms with van der Waals surface area (Å²) in [5.41, 5.74) is 1.89. The topological polar surface area (TPSA) is 32.8 Å². The molecule has 1 aliphatic rings. The van der Waals surface area contributed by atoms with Crippen LogP contribution >= 0.6 is 22.9 Å². The van der Waals surface area contributed by atoms with E-state index in [9.17, 15) is 9.18 Å². The van der Waals surface area contributed by atoms with Crippen LogP contribution in [0.1, 0.15) is 5.56 Å². The maximum Gasteiger partial charge on any atom is 0.248 e. The van der Waals surface area contributed by atoms with E-state index in [1.165, 1.54) is 12.1 Å². The third-order valence-corrected chi connectivity index (χ3v) is 4.99. The number of hydrogen-bond donors (Lipinski definition) is 0. The van der Waals surface area contributed by atoms with Crippen molar-refractivity contribution in [3.05, 3.63) is 51.4 Å². The molecule has 1 amide bonds. The summed E-state index contributed by atoms with van der Waals surface area (Å²) in [6.07, 6.45) is 0. The average Bonchev–Trinajstić information content (AvgIpc) is 3.08. The van der Waals surface area contributed by atoms with Crippen LogP contribution in [-0.2, 0) is 16.1 Å². The molecule has 0 radical (unpaired) electrons. The molecule has 0 atom stereocenters. The van der Waals surface area contributed by atoms with Gasteiger partial charge in [-0.15, -0.1) is 0 Å². The van der Waals surface area contributed by atoms with E-state index >= 15 is 0 Å². The summed E-state index contributed by atoms with van der Waals surface area (Å²) in [6, 6.07) is 6.38. The quantitative estimate of drug-likeness (QED) is 0.810. The molecule has 0 bridgehead atoms. The minimum Gasteiger partial charge on any atom is -0.367 e. The molecule has 4 nitrogen and oxygen atoms in total. The third-order valence-electron chi connectivity index (χ3n) is 3.96. The highest BCUT2D eigenvalue weighted by atomic mass is 35.5. The Bertz CT molecular complexity index is 688. The van der Waals surface area contributed by atoms with Gasteiger partial charge in [-0.2, -0.15) is 11.3 Å². The van der Waals surface area contributed by atoms with Crippen molar-refractivity contribution < 1.29 is 13.9 Å². The summed E-state index contributed by atoms with van der Waals surface area (Å²) in [7, 11) is 0. The molecular formula is C17H18ClFN2O2S. The summed E-state index contributed by atoms with van der Waals surface area (Å²) in [5, 5.41) is 4.39. The smallest absolute Gasteiger partial charge is 0.248 e. The van der Waals surface area contributed by atoms with Gasteiger partial charge in [0, 0.05) is 26.2 Å². The molecule has 0 N–H and O–H groups in total. The number of piperazine rings is 1. The lowest BCUT2D eigenvalue weighted by Crippen LogP contribution is -2.49. The van der Waals surface area contributed by atoms with E-state index in [0.29, 0.717) is 37.8 Å². The first-order valence-corrected chi connectivity index (χ1v) is 9.02. The largest absolute Gasteiger partial charge is 0.367 e. The van der Waals surface area contributed by atoms with Crippen LogP contribution in [0.2, 0.25) is 5.02 Å². The summed E-state index contributed by atoms with van der Waals surface area (Å²) in [4.78, 5) is 16.1. The Hall–Kier alpha value is -1.63. The minimum atomic E-state index is -0.347. The first-order valence-electron chi connectivity index (χ1n) is 7.70. The molecule has 0 spiro atoms. The number of carbonyl (C=O) groups is 1. The Kier molecular flexibility index (Phi) is 5.71. The number of rotatable bonds is 5. The van der Waals surface area contributed by atoms with Gasteiger partial charge in [0.05, 0.1) is 17.3 Å². The zero-order chi connectivity index (χ0) is 16.9. The number of benzene rings is 1. The van der Waals surface area contributed by atoms with E-state index in [2.05, 4.69) is 4.90 Å². The number of hydrogen-bond acceptors (Lipinski definition) is 4. The van der Waals surface area contributed by atoms with Gasteiger partial charge in [-0.3, -0.25) is 4.79 Å². The summed E-state index contributed by atoms with van der Waals surface area (Å²) in [5.74, 6) is -0.351. The molecule has 1 aliphatic heterocycles. The van der Waals surface area contributed by atoms with Gasteiger partial charge in [0.2, 0.25) is 5.91 Å². The van der Waals surface area contributed by atoms with Crippen molar-refractivity contribution in [1.82, 2.24) is 4.90 Å². The number of ether oxygens (including phenoxy) is 1. The standard InChI is InChI=1S/C17H18ClFN2O2S/c18-15-9-14(19)1-2-16(15)20-4-6-21(7-5-20)17(22)11-23-10-13-3-8-24-12-13/h1-3,8-9,12H,4-7,10-11H2. The Balaban J connectivity index is 1.46. The Labute approximate surface area is 149 Å². The van der Waals surface area contributed by atoms with Gasteiger partial charge < -0.3 is 14.5 Å². The maximum absolute atomic E-state index is 13.1. The molecular weight excluding hydrogens is 351 g/mol. The predicted octanol–water partition coefficient (Wildman–Crippen LogP) is 3.41. The van der Waals surface area contributed by atoms with Crippen LogP contribution in [0, 0.1) is 5.82 Å². The average molecular weight is 369 g/mol. The van der Waals surface area contributed by atoms with Gasteiger partial charge in [-0.25, -0.2) is 4.39 Å². The fraction of sp³-hybridized carbons (Fsp3) is 0.353. The monoisotopic (exact) mass is 368 g/mol. The lowest BCUT2D eigenvalue weighted by atomic mass is 10.2. The van der Waals surface area contributed by atoms with Crippen molar-refractivity contribution in [2.24, 2.45) is 0 Å². The lowest BCUT2D eigenvalue weighted by molar-refractivity contribution is -0.136. The molecule has 7 heteroatoms. The van der Waals surface area contributed by atoms with Crippen LogP contribution in [0.3, 0.4) is 0 Å². The van der Waals surface area contributed by atoms with Gasteiger partial charge >= 0.3 is 0 Å². The zero-order valence-corrected chi connectivity index (χ0v) is 14.7. The highest BCUT2D eigenvalue weighted by Crippen LogP contribution is 2.27. The normalized spacial score (nSPS) is 14.9. The summed E-state index contributed by atoms with van der Waals surface area (Å²) >= 11 is 7.71. The number of thiophene rings is 1. The molecule has 0 saturated carbocycles. The lowest BCUT2D eigenvalue weighted by Gasteiger charge is -2.36. The van der Waals surface area contributed by atoms with Crippen molar-refractivity contribution in [2.75, 3.05) is 37.7 Å². The SMILES string of the molecule is O=C(COCc1ccsc1)N1CCN(c2ccc(F)cc2Cl)CC1. The molecule has 2 aromatic rings. The van der Waals surface area contributed by atoms with E-state index < -0.39 is 0 Å². The Morgan fingerprint density at radius 3 is 2.71 bits per heavy atom. The molecule has 3 rings (SSSR count). The highest BCUT2D eigenvalue weighted by Gasteiger charge is 2.22. The van der Waals surface area contributed by atoms with E-state index in [4.69, 9.17) is 16.3 Å². The second-order valence-corrected chi connectivity index (χ2v) is 6.78. The van der Waals surface area contributed by atoms with E-state index in [1.807, 2.05) is 16.8 Å². The number of halogens is 2. The molecule has 2 heterocycles. The second kappa shape index (κ2) is 7.96. The van der Waals surface area contributed by atoms with Crippen molar-refractivity contribution in [3.8, 4) is 0 Å². The number of carbonyl (C=O) groups excluding carboxylic acids is 1. The van der Waals surface area contributed by atoms with Gasteiger partial charge in [-0.05, 0) is 40.6 Å². The van der Waals surface area contributed by atoms with Crippen LogP contribution in [-0.4, -0.2) is 43.6 Å². The van der Waals surface area contributed by atoms with Gasteiger partial charge in [0.15, 0.2) is 0 Å². The maximum atomic E-state index is 13.1. The first-order chi connectivity index (χ1) is 11.6. The van der Waals surface area contributed by atoms with Crippen LogP contribution in [0.5, 0.6) is 0 Å². The molecule has 1 fully saturated rings. The number of amides is 1. The van der Waals surface area contributed by atoms with Gasteiger partial charge in [-0.1, -0.05) is 11.6 Å². The minimum absolute atomic E-state index is 0.00455. The third kappa shape index (κ3) is 4.26. The Morgan fingerprint density at radius 1 is 1.25 bits per heavy atom. The number of nitrogens with zero attached hydrogens (tertiary/aromatic N) is 2. The van der Waals surface area contributed by atoms with E-state index in [0.717, 1.165) is 11.3 Å². The van der Waals surface area contributed by atoms with Crippen LogP contribution in [0.15, 0.2) is 35.0 Å². The summed E-state index contributed by atoms with van der Waals surface area (Å²) in [6.45, 7) is 3.10.